The summed E-state index contributed by atoms with van der Waals surface area (Å²) in [6.45, 7) is 5.26. The molecule has 28 heavy (non-hydrogen) atoms. The molecule has 0 spiro atoms. The van der Waals surface area contributed by atoms with Crippen LogP contribution >= 0.6 is 11.3 Å². The van der Waals surface area contributed by atoms with Crippen molar-refractivity contribution in [3.05, 3.63) is 56.4 Å². The van der Waals surface area contributed by atoms with Gasteiger partial charge in [0.05, 0.1) is 10.9 Å². The number of carbonyl (C=O) groups is 1. The molecule has 1 N–H and O–H groups in total. The standard InChI is InChI=1S/C18H15F3N2O4S/c1-8-10(3)28-16-13(8)15(24)22-14(23-16)9(2)26-17(25)11-4-6-12(7-5-11)27-18(19,20)21/h4-7,9H,1-3H3,(H,22,23,24)/t9-/m0/s1. The predicted octanol–water partition coefficient (Wildman–Crippen LogP) is 4.42. The van der Waals surface area contributed by atoms with Gasteiger partial charge >= 0.3 is 12.3 Å². The number of thiophene rings is 1. The molecule has 2 aromatic heterocycles. The highest BCUT2D eigenvalue weighted by molar-refractivity contribution is 7.18. The highest BCUT2D eigenvalue weighted by atomic mass is 32.1. The quantitative estimate of drug-likeness (QED) is 0.642. The third kappa shape index (κ3) is 4.16. The largest absolute Gasteiger partial charge is 0.573 e. The van der Waals surface area contributed by atoms with Gasteiger partial charge in [-0.3, -0.25) is 4.79 Å². The minimum absolute atomic E-state index is 0.0348. The minimum Gasteiger partial charge on any atom is -0.451 e. The van der Waals surface area contributed by atoms with Crippen LogP contribution in [0, 0.1) is 13.8 Å². The lowest BCUT2D eigenvalue weighted by Crippen LogP contribution is -2.18. The summed E-state index contributed by atoms with van der Waals surface area (Å²) in [4.78, 5) is 33.0. The fraction of sp³-hybridized carbons (Fsp3) is 0.278. The number of hydrogen-bond donors (Lipinski definition) is 1. The van der Waals surface area contributed by atoms with Gasteiger partial charge in [0.25, 0.3) is 5.56 Å². The molecule has 0 aliphatic heterocycles. The molecule has 0 bridgehead atoms. The summed E-state index contributed by atoms with van der Waals surface area (Å²) in [5, 5.41) is 0.505. The van der Waals surface area contributed by atoms with E-state index in [1.165, 1.54) is 18.3 Å². The smallest absolute Gasteiger partial charge is 0.451 e. The van der Waals surface area contributed by atoms with Crippen LogP contribution in [0.15, 0.2) is 29.1 Å². The number of hydrogen-bond acceptors (Lipinski definition) is 6. The Hall–Kier alpha value is -2.88. The van der Waals surface area contributed by atoms with E-state index in [1.54, 1.807) is 0 Å². The zero-order valence-electron chi connectivity index (χ0n) is 15.0. The molecule has 10 heteroatoms. The molecule has 148 valence electrons. The van der Waals surface area contributed by atoms with E-state index in [0.717, 1.165) is 34.7 Å². The molecular weight excluding hydrogens is 397 g/mol. The second kappa shape index (κ2) is 7.27. The lowest BCUT2D eigenvalue weighted by Gasteiger charge is -2.13. The highest BCUT2D eigenvalue weighted by Crippen LogP contribution is 2.27. The van der Waals surface area contributed by atoms with Crippen molar-refractivity contribution in [2.45, 2.75) is 33.2 Å². The van der Waals surface area contributed by atoms with Crippen LogP contribution in [0.25, 0.3) is 10.2 Å². The van der Waals surface area contributed by atoms with Gasteiger partial charge in [-0.2, -0.15) is 0 Å². The first-order valence-corrected chi connectivity index (χ1v) is 8.93. The summed E-state index contributed by atoms with van der Waals surface area (Å²) in [5.74, 6) is -1.03. The normalized spacial score (nSPS) is 12.8. The van der Waals surface area contributed by atoms with E-state index in [0.29, 0.717) is 10.2 Å². The lowest BCUT2D eigenvalue weighted by atomic mass is 10.2. The Bertz CT molecular complexity index is 1090. The molecule has 2 heterocycles. The Labute approximate surface area is 160 Å². The van der Waals surface area contributed by atoms with Crippen molar-refractivity contribution in [1.82, 2.24) is 9.97 Å². The molecule has 3 aromatic rings. The third-order valence-electron chi connectivity index (χ3n) is 4.05. The third-order valence-corrected chi connectivity index (χ3v) is 5.15. The first kappa shape index (κ1) is 19.9. The van der Waals surface area contributed by atoms with Crippen LogP contribution in [-0.2, 0) is 4.74 Å². The number of fused-ring (bicyclic) bond motifs is 1. The number of nitrogens with one attached hydrogen (secondary N) is 1. The summed E-state index contributed by atoms with van der Waals surface area (Å²) in [7, 11) is 0. The SMILES string of the molecule is Cc1sc2nc([C@H](C)OC(=O)c3ccc(OC(F)(F)F)cc3)[nH]c(=O)c2c1C. The first-order valence-electron chi connectivity index (χ1n) is 8.12. The number of alkyl halides is 3. The van der Waals surface area contributed by atoms with Crippen molar-refractivity contribution in [1.29, 1.82) is 0 Å². The number of esters is 1. The van der Waals surface area contributed by atoms with Gasteiger partial charge in [0.1, 0.15) is 10.6 Å². The summed E-state index contributed by atoms with van der Waals surface area (Å²) in [6.07, 6.45) is -5.68. The van der Waals surface area contributed by atoms with Gasteiger partial charge in [-0.1, -0.05) is 0 Å². The van der Waals surface area contributed by atoms with Gasteiger partial charge in [0, 0.05) is 4.88 Å². The van der Waals surface area contributed by atoms with Crippen LogP contribution in [0.5, 0.6) is 5.75 Å². The van der Waals surface area contributed by atoms with Crippen LogP contribution in [0.3, 0.4) is 0 Å². The van der Waals surface area contributed by atoms with Crippen LogP contribution in [0.1, 0.15) is 39.7 Å². The Morgan fingerprint density at radius 3 is 2.46 bits per heavy atom. The monoisotopic (exact) mass is 412 g/mol. The summed E-state index contributed by atoms with van der Waals surface area (Å²) < 4.78 is 45.6. The maximum atomic E-state index is 12.3. The molecule has 0 amide bonds. The van der Waals surface area contributed by atoms with Gasteiger partial charge in [0.15, 0.2) is 11.9 Å². The van der Waals surface area contributed by atoms with Crippen molar-refractivity contribution < 1.29 is 27.4 Å². The van der Waals surface area contributed by atoms with E-state index in [9.17, 15) is 22.8 Å². The molecule has 0 aliphatic rings. The van der Waals surface area contributed by atoms with Crippen LogP contribution < -0.4 is 10.3 Å². The molecule has 0 radical (unpaired) electrons. The Kier molecular flexibility index (Phi) is 5.16. The lowest BCUT2D eigenvalue weighted by molar-refractivity contribution is -0.274. The van der Waals surface area contributed by atoms with Gasteiger partial charge in [-0.15, -0.1) is 24.5 Å². The molecular formula is C18H15F3N2O4S. The average Bonchev–Trinajstić information content (AvgIpc) is 2.88. The fourth-order valence-electron chi connectivity index (χ4n) is 2.54. The van der Waals surface area contributed by atoms with E-state index >= 15 is 0 Å². The number of aromatic nitrogens is 2. The van der Waals surface area contributed by atoms with Crippen molar-refractivity contribution >= 4 is 27.5 Å². The second-order valence-electron chi connectivity index (χ2n) is 6.03. The van der Waals surface area contributed by atoms with E-state index in [1.807, 2.05) is 13.8 Å². The Morgan fingerprint density at radius 2 is 1.86 bits per heavy atom. The number of ether oxygens (including phenoxy) is 2. The van der Waals surface area contributed by atoms with Gasteiger partial charge in [0.2, 0.25) is 0 Å². The summed E-state index contributed by atoms with van der Waals surface area (Å²) in [5.41, 5.74) is 0.567. The van der Waals surface area contributed by atoms with E-state index in [4.69, 9.17) is 4.74 Å². The predicted molar refractivity (Wildman–Crippen MR) is 96.7 cm³/mol. The zero-order valence-corrected chi connectivity index (χ0v) is 15.8. The Morgan fingerprint density at radius 1 is 1.21 bits per heavy atom. The number of rotatable bonds is 4. The molecule has 0 saturated carbocycles. The van der Waals surface area contributed by atoms with E-state index in [2.05, 4.69) is 14.7 Å². The van der Waals surface area contributed by atoms with Crippen molar-refractivity contribution in [3.8, 4) is 5.75 Å². The van der Waals surface area contributed by atoms with E-state index < -0.39 is 24.2 Å². The maximum absolute atomic E-state index is 12.3. The molecule has 6 nitrogen and oxygen atoms in total. The van der Waals surface area contributed by atoms with Gasteiger partial charge < -0.3 is 14.5 Å². The topological polar surface area (TPSA) is 81.3 Å². The molecule has 1 atom stereocenters. The summed E-state index contributed by atoms with van der Waals surface area (Å²) in [6, 6.07) is 4.33. The van der Waals surface area contributed by atoms with E-state index in [-0.39, 0.29) is 16.9 Å². The highest BCUT2D eigenvalue weighted by Gasteiger charge is 2.31. The molecule has 0 saturated heterocycles. The molecule has 3 rings (SSSR count). The Balaban J connectivity index is 1.77. The molecule has 1 aromatic carbocycles. The fourth-order valence-corrected chi connectivity index (χ4v) is 3.58. The van der Waals surface area contributed by atoms with Crippen LogP contribution in [0.2, 0.25) is 0 Å². The number of nitrogens with zero attached hydrogens (tertiary/aromatic N) is 1. The average molecular weight is 412 g/mol. The number of H-pyrrole nitrogens is 1. The minimum atomic E-state index is -4.81. The second-order valence-corrected chi connectivity index (χ2v) is 7.24. The molecule has 0 fully saturated rings. The summed E-state index contributed by atoms with van der Waals surface area (Å²) >= 11 is 1.37. The number of aryl methyl sites for hydroxylation is 2. The number of carbonyl (C=O) groups excluding carboxylic acids is 1. The van der Waals surface area contributed by atoms with Crippen LogP contribution in [0.4, 0.5) is 13.2 Å². The number of aromatic amines is 1. The number of halogens is 3. The first-order chi connectivity index (χ1) is 13.0. The molecule has 0 aliphatic carbocycles. The van der Waals surface area contributed by atoms with Gasteiger partial charge in [-0.05, 0) is 50.6 Å². The van der Waals surface area contributed by atoms with Crippen molar-refractivity contribution in [2.24, 2.45) is 0 Å². The number of benzene rings is 1. The van der Waals surface area contributed by atoms with Crippen molar-refractivity contribution in [3.63, 3.8) is 0 Å². The molecule has 0 unspecified atom stereocenters. The van der Waals surface area contributed by atoms with Crippen molar-refractivity contribution in [2.75, 3.05) is 0 Å². The zero-order chi connectivity index (χ0) is 20.6. The maximum Gasteiger partial charge on any atom is 0.573 e. The van der Waals surface area contributed by atoms with Crippen LogP contribution in [-0.4, -0.2) is 22.3 Å². The van der Waals surface area contributed by atoms with Gasteiger partial charge in [-0.25, -0.2) is 9.78 Å².